The summed E-state index contributed by atoms with van der Waals surface area (Å²) in [5.74, 6) is -1.11. The van der Waals surface area contributed by atoms with Gasteiger partial charge in [-0.15, -0.1) is 0 Å². The molecule has 1 aliphatic heterocycles. The van der Waals surface area contributed by atoms with Gasteiger partial charge in [0.25, 0.3) is 0 Å². The Morgan fingerprint density at radius 1 is 1.05 bits per heavy atom. The van der Waals surface area contributed by atoms with E-state index in [0.717, 1.165) is 4.31 Å². The number of nitriles is 1. The summed E-state index contributed by atoms with van der Waals surface area (Å²) in [6.45, 7) is -0.264. The number of amides is 3. The molecule has 0 radical (unpaired) electrons. The van der Waals surface area contributed by atoms with E-state index in [0.29, 0.717) is 22.5 Å². The number of methoxy groups -OCH3 is 1. The van der Waals surface area contributed by atoms with Crippen molar-refractivity contribution in [3.8, 4) is 6.07 Å². The lowest BCUT2D eigenvalue weighted by Gasteiger charge is -2.39. The van der Waals surface area contributed by atoms with Crippen LogP contribution in [-0.4, -0.2) is 73.3 Å². The molecule has 1 saturated heterocycles. The molecule has 3 amide bonds. The summed E-state index contributed by atoms with van der Waals surface area (Å²) in [6, 6.07) is 16.9. The molecule has 1 unspecified atom stereocenters. The number of pyridine rings is 1. The van der Waals surface area contributed by atoms with Crippen LogP contribution in [0.15, 0.2) is 77.8 Å². The van der Waals surface area contributed by atoms with Gasteiger partial charge in [0.15, 0.2) is 0 Å². The number of benzene rings is 2. The molecule has 0 spiro atoms. The zero-order valence-corrected chi connectivity index (χ0v) is 22.3. The normalized spacial score (nSPS) is 15.5. The number of aromatic nitrogens is 1. The van der Waals surface area contributed by atoms with Gasteiger partial charge >= 0.3 is 12.0 Å². The highest BCUT2D eigenvalue weighted by Crippen LogP contribution is 2.23. The van der Waals surface area contributed by atoms with Crippen molar-refractivity contribution in [1.82, 2.24) is 19.5 Å². The molecular formula is C27H26N6O6S. The van der Waals surface area contributed by atoms with Gasteiger partial charge in [-0.05, 0) is 60.7 Å². The van der Waals surface area contributed by atoms with Crippen LogP contribution in [-0.2, 0) is 26.1 Å². The number of carbonyl (C=O) groups excluding carboxylic acids is 3. The molecule has 12 nitrogen and oxygen atoms in total. The number of anilines is 1. The average Bonchev–Trinajstić information content (AvgIpc) is 3.00. The highest BCUT2D eigenvalue weighted by molar-refractivity contribution is 7.89. The average molecular weight is 563 g/mol. The lowest BCUT2D eigenvalue weighted by Crippen LogP contribution is -2.61. The first kappa shape index (κ1) is 28.2. The zero-order chi connectivity index (χ0) is 28.7. The van der Waals surface area contributed by atoms with Crippen LogP contribution in [0.5, 0.6) is 0 Å². The Hall–Kier alpha value is -4.80. The summed E-state index contributed by atoms with van der Waals surface area (Å²) in [5.41, 5.74) is 1.59. The molecule has 2 N–H and O–H groups in total. The monoisotopic (exact) mass is 562 g/mol. The molecule has 4 rings (SSSR count). The van der Waals surface area contributed by atoms with E-state index in [1.54, 1.807) is 24.4 Å². The van der Waals surface area contributed by atoms with E-state index in [1.165, 1.54) is 60.5 Å². The van der Waals surface area contributed by atoms with E-state index in [4.69, 9.17) is 5.26 Å². The van der Waals surface area contributed by atoms with Crippen molar-refractivity contribution in [2.75, 3.05) is 32.1 Å². The predicted molar refractivity (Wildman–Crippen MR) is 143 cm³/mol. The second-order valence-corrected chi connectivity index (χ2v) is 10.6. The molecule has 0 aliphatic carbocycles. The third-order valence-electron chi connectivity index (χ3n) is 6.24. The van der Waals surface area contributed by atoms with Crippen molar-refractivity contribution in [3.05, 3.63) is 89.7 Å². The number of rotatable bonds is 7. The highest BCUT2D eigenvalue weighted by Gasteiger charge is 2.41. The van der Waals surface area contributed by atoms with Crippen molar-refractivity contribution in [3.63, 3.8) is 0 Å². The standard InChI is InChI=1S/C27H26N6O6S/c1-39-26(35)20-7-9-21(10-8-20)31-27(36)32-14-15-33(40(37,38)23-11-5-19(16-28)6-12-23)24(18-32)25(34)30-17-22-4-2-3-13-29-22/h2-13,24H,14-15,17-18H2,1H3,(H,30,34)(H,31,36). The van der Waals surface area contributed by atoms with E-state index in [2.05, 4.69) is 20.4 Å². The molecule has 2 aromatic carbocycles. The van der Waals surface area contributed by atoms with Crippen LogP contribution < -0.4 is 10.6 Å². The van der Waals surface area contributed by atoms with Crippen LogP contribution in [0.1, 0.15) is 21.6 Å². The summed E-state index contributed by atoms with van der Waals surface area (Å²) in [4.78, 5) is 43.5. The SMILES string of the molecule is COC(=O)c1ccc(NC(=O)N2CCN(S(=O)(=O)c3ccc(C#N)cc3)C(C(=O)NCc3ccccn3)C2)cc1. The van der Waals surface area contributed by atoms with Gasteiger partial charge in [0.1, 0.15) is 6.04 Å². The molecule has 2 heterocycles. The van der Waals surface area contributed by atoms with E-state index in [-0.39, 0.29) is 31.1 Å². The third kappa shape index (κ3) is 6.42. The number of esters is 1. The van der Waals surface area contributed by atoms with Crippen molar-refractivity contribution in [1.29, 1.82) is 5.26 Å². The fourth-order valence-corrected chi connectivity index (χ4v) is 5.67. The Morgan fingerprint density at radius 2 is 1.77 bits per heavy atom. The fraction of sp³-hybridized carbons (Fsp3) is 0.222. The van der Waals surface area contributed by atoms with E-state index in [9.17, 15) is 22.8 Å². The number of ether oxygens (including phenoxy) is 1. The number of urea groups is 1. The first-order valence-corrected chi connectivity index (χ1v) is 13.6. The van der Waals surface area contributed by atoms with Gasteiger partial charge in [0.2, 0.25) is 15.9 Å². The smallest absolute Gasteiger partial charge is 0.337 e. The topological polar surface area (TPSA) is 162 Å². The third-order valence-corrected chi connectivity index (χ3v) is 8.16. The lowest BCUT2D eigenvalue weighted by atomic mass is 10.2. The Balaban J connectivity index is 1.54. The molecule has 0 bridgehead atoms. The fourth-order valence-electron chi connectivity index (χ4n) is 4.10. The maximum atomic E-state index is 13.5. The molecule has 3 aromatic rings. The second-order valence-electron chi connectivity index (χ2n) is 8.75. The minimum Gasteiger partial charge on any atom is -0.465 e. The van der Waals surface area contributed by atoms with Gasteiger partial charge in [-0.25, -0.2) is 18.0 Å². The molecule has 1 fully saturated rings. The Labute approximate surface area is 231 Å². The van der Waals surface area contributed by atoms with Gasteiger partial charge in [-0.2, -0.15) is 9.57 Å². The van der Waals surface area contributed by atoms with Crippen LogP contribution in [0.25, 0.3) is 0 Å². The Kier molecular flexibility index (Phi) is 8.73. The number of carbonyl (C=O) groups is 3. The number of piperazine rings is 1. The van der Waals surface area contributed by atoms with E-state index in [1.807, 2.05) is 6.07 Å². The van der Waals surface area contributed by atoms with Gasteiger partial charge < -0.3 is 20.3 Å². The van der Waals surface area contributed by atoms with Gasteiger partial charge in [-0.1, -0.05) is 6.07 Å². The molecule has 40 heavy (non-hydrogen) atoms. The highest BCUT2D eigenvalue weighted by atomic mass is 32.2. The Bertz CT molecular complexity index is 1520. The second kappa shape index (κ2) is 12.4. The first-order valence-electron chi connectivity index (χ1n) is 12.2. The minimum absolute atomic E-state index is 0.0195. The molecule has 13 heteroatoms. The summed E-state index contributed by atoms with van der Waals surface area (Å²) < 4.78 is 32.8. The van der Waals surface area contributed by atoms with Crippen LogP contribution >= 0.6 is 0 Å². The molecule has 206 valence electrons. The zero-order valence-electron chi connectivity index (χ0n) is 21.5. The van der Waals surface area contributed by atoms with Crippen molar-refractivity contribution in [2.45, 2.75) is 17.5 Å². The van der Waals surface area contributed by atoms with Crippen LogP contribution in [0.2, 0.25) is 0 Å². The maximum Gasteiger partial charge on any atom is 0.337 e. The summed E-state index contributed by atoms with van der Waals surface area (Å²) in [6.07, 6.45) is 1.58. The molecule has 0 saturated carbocycles. The quantitative estimate of drug-likeness (QED) is 0.413. The summed E-state index contributed by atoms with van der Waals surface area (Å²) >= 11 is 0. The van der Waals surface area contributed by atoms with Crippen molar-refractivity contribution < 1.29 is 27.5 Å². The molecule has 1 atom stereocenters. The maximum absolute atomic E-state index is 13.5. The van der Waals surface area contributed by atoms with Crippen molar-refractivity contribution in [2.24, 2.45) is 0 Å². The van der Waals surface area contributed by atoms with Crippen LogP contribution in [0.3, 0.4) is 0 Å². The number of hydrogen-bond acceptors (Lipinski definition) is 8. The number of nitrogens with one attached hydrogen (secondary N) is 2. The molecular weight excluding hydrogens is 536 g/mol. The van der Waals surface area contributed by atoms with Gasteiger partial charge in [-0.3, -0.25) is 9.78 Å². The minimum atomic E-state index is -4.14. The summed E-state index contributed by atoms with van der Waals surface area (Å²) in [7, 11) is -2.88. The first-order chi connectivity index (χ1) is 19.2. The molecule has 1 aliphatic rings. The number of nitrogens with zero attached hydrogens (tertiary/aromatic N) is 4. The number of sulfonamides is 1. The van der Waals surface area contributed by atoms with E-state index >= 15 is 0 Å². The van der Waals surface area contributed by atoms with Crippen LogP contribution in [0.4, 0.5) is 10.5 Å². The Morgan fingerprint density at radius 3 is 2.40 bits per heavy atom. The van der Waals surface area contributed by atoms with Crippen LogP contribution in [0, 0.1) is 11.3 Å². The van der Waals surface area contributed by atoms with Gasteiger partial charge in [0, 0.05) is 31.5 Å². The predicted octanol–water partition coefficient (Wildman–Crippen LogP) is 1.96. The number of hydrogen-bond donors (Lipinski definition) is 2. The largest absolute Gasteiger partial charge is 0.465 e. The lowest BCUT2D eigenvalue weighted by molar-refractivity contribution is -0.126. The van der Waals surface area contributed by atoms with E-state index < -0.39 is 34.0 Å². The molecule has 1 aromatic heterocycles. The van der Waals surface area contributed by atoms with Gasteiger partial charge in [0.05, 0.1) is 41.4 Å². The van der Waals surface area contributed by atoms with Crippen molar-refractivity contribution >= 4 is 33.6 Å². The summed E-state index contributed by atoms with van der Waals surface area (Å²) in [5, 5.41) is 14.5.